The van der Waals surface area contributed by atoms with Crippen molar-refractivity contribution < 1.29 is 4.79 Å². The summed E-state index contributed by atoms with van der Waals surface area (Å²) in [6.07, 6.45) is 0.397. The Morgan fingerprint density at radius 2 is 2.00 bits per heavy atom. The van der Waals surface area contributed by atoms with Crippen molar-refractivity contribution in [2.45, 2.75) is 11.3 Å². The molecule has 0 saturated heterocycles. The van der Waals surface area contributed by atoms with Crippen LogP contribution in [0.15, 0.2) is 29.2 Å². The van der Waals surface area contributed by atoms with E-state index in [9.17, 15) is 4.79 Å². The maximum absolute atomic E-state index is 11.3. The highest BCUT2D eigenvalue weighted by Gasteiger charge is 2.01. The van der Waals surface area contributed by atoms with Gasteiger partial charge >= 0.3 is 0 Å². The standard InChI is InChI=1S/C10H14N2OS/c11-5-6-12-10(13)7-8-1-3-9(14)4-2-8/h1-4,14H,5-7,11H2,(H,12,13). The van der Waals surface area contributed by atoms with E-state index in [1.807, 2.05) is 24.3 Å². The third-order valence-electron chi connectivity index (χ3n) is 1.77. The number of hydrogen-bond acceptors (Lipinski definition) is 3. The van der Waals surface area contributed by atoms with Crippen LogP contribution in [0.3, 0.4) is 0 Å². The van der Waals surface area contributed by atoms with Crippen LogP contribution in [0.4, 0.5) is 0 Å². The van der Waals surface area contributed by atoms with Crippen LogP contribution in [0.5, 0.6) is 0 Å². The SMILES string of the molecule is NCCNC(=O)Cc1ccc(S)cc1. The van der Waals surface area contributed by atoms with Crippen LogP contribution in [0.2, 0.25) is 0 Å². The molecule has 1 amide bonds. The van der Waals surface area contributed by atoms with Crippen molar-refractivity contribution in [2.75, 3.05) is 13.1 Å². The van der Waals surface area contributed by atoms with Crippen molar-refractivity contribution in [3.63, 3.8) is 0 Å². The first-order valence-corrected chi connectivity index (χ1v) is 4.92. The van der Waals surface area contributed by atoms with Crippen LogP contribution in [-0.4, -0.2) is 19.0 Å². The monoisotopic (exact) mass is 210 g/mol. The van der Waals surface area contributed by atoms with Gasteiger partial charge in [-0.05, 0) is 17.7 Å². The Hall–Kier alpha value is -1.00. The van der Waals surface area contributed by atoms with E-state index in [4.69, 9.17) is 5.73 Å². The quantitative estimate of drug-likeness (QED) is 0.637. The molecule has 0 aliphatic rings. The zero-order chi connectivity index (χ0) is 10.4. The van der Waals surface area contributed by atoms with Gasteiger partial charge in [-0.2, -0.15) is 0 Å². The van der Waals surface area contributed by atoms with Crippen molar-refractivity contribution in [3.05, 3.63) is 29.8 Å². The average molecular weight is 210 g/mol. The normalized spacial score (nSPS) is 9.86. The molecule has 0 unspecified atom stereocenters. The zero-order valence-corrected chi connectivity index (χ0v) is 8.76. The molecule has 1 aromatic carbocycles. The Labute approximate surface area is 89.1 Å². The molecule has 0 spiro atoms. The summed E-state index contributed by atoms with van der Waals surface area (Å²) in [5.41, 5.74) is 6.25. The lowest BCUT2D eigenvalue weighted by molar-refractivity contribution is -0.120. The van der Waals surface area contributed by atoms with E-state index < -0.39 is 0 Å². The third-order valence-corrected chi connectivity index (χ3v) is 2.07. The summed E-state index contributed by atoms with van der Waals surface area (Å²) in [4.78, 5) is 12.2. The van der Waals surface area contributed by atoms with Gasteiger partial charge in [0.1, 0.15) is 0 Å². The summed E-state index contributed by atoms with van der Waals surface area (Å²) in [6, 6.07) is 7.53. The Kier molecular flexibility index (Phi) is 4.49. The maximum Gasteiger partial charge on any atom is 0.224 e. The largest absolute Gasteiger partial charge is 0.355 e. The number of hydrogen-bond donors (Lipinski definition) is 3. The predicted molar refractivity (Wildman–Crippen MR) is 59.5 cm³/mol. The van der Waals surface area contributed by atoms with Crippen molar-refractivity contribution in [3.8, 4) is 0 Å². The number of amides is 1. The molecule has 0 radical (unpaired) electrons. The second-order valence-electron chi connectivity index (χ2n) is 2.98. The molecule has 0 aromatic heterocycles. The fourth-order valence-corrected chi connectivity index (χ4v) is 1.22. The van der Waals surface area contributed by atoms with Crippen LogP contribution in [0.1, 0.15) is 5.56 Å². The van der Waals surface area contributed by atoms with Crippen LogP contribution >= 0.6 is 12.6 Å². The van der Waals surface area contributed by atoms with Gasteiger partial charge in [-0.25, -0.2) is 0 Å². The van der Waals surface area contributed by atoms with E-state index in [2.05, 4.69) is 17.9 Å². The van der Waals surface area contributed by atoms with Crippen LogP contribution in [-0.2, 0) is 11.2 Å². The highest BCUT2D eigenvalue weighted by molar-refractivity contribution is 7.80. The predicted octanol–water partition coefficient (Wildman–Crippen LogP) is 0.593. The van der Waals surface area contributed by atoms with Gasteiger partial charge in [0, 0.05) is 18.0 Å². The second kappa shape index (κ2) is 5.67. The first-order valence-electron chi connectivity index (χ1n) is 4.47. The summed E-state index contributed by atoms with van der Waals surface area (Å²) >= 11 is 4.16. The fourth-order valence-electron chi connectivity index (χ4n) is 1.07. The molecule has 14 heavy (non-hydrogen) atoms. The fraction of sp³-hybridized carbons (Fsp3) is 0.300. The number of rotatable bonds is 4. The summed E-state index contributed by atoms with van der Waals surface area (Å²) in [5.74, 6) is 0.00219. The molecule has 0 atom stereocenters. The lowest BCUT2D eigenvalue weighted by Gasteiger charge is -2.03. The second-order valence-corrected chi connectivity index (χ2v) is 3.50. The van der Waals surface area contributed by atoms with E-state index in [1.165, 1.54) is 0 Å². The molecule has 0 bridgehead atoms. The molecular formula is C10H14N2OS. The van der Waals surface area contributed by atoms with Crippen LogP contribution < -0.4 is 11.1 Å². The van der Waals surface area contributed by atoms with E-state index in [0.29, 0.717) is 19.5 Å². The molecule has 76 valence electrons. The van der Waals surface area contributed by atoms with Crippen molar-refractivity contribution in [2.24, 2.45) is 5.73 Å². The zero-order valence-electron chi connectivity index (χ0n) is 7.86. The molecule has 0 aliphatic carbocycles. The Bertz CT molecular complexity index is 297. The minimum Gasteiger partial charge on any atom is -0.355 e. The summed E-state index contributed by atoms with van der Waals surface area (Å²) in [5, 5.41) is 2.71. The molecule has 4 heteroatoms. The van der Waals surface area contributed by atoms with E-state index in [1.54, 1.807) is 0 Å². The topological polar surface area (TPSA) is 55.1 Å². The van der Waals surface area contributed by atoms with Gasteiger partial charge in [-0.15, -0.1) is 12.6 Å². The maximum atomic E-state index is 11.3. The molecule has 1 rings (SSSR count). The first-order chi connectivity index (χ1) is 6.72. The molecule has 1 aromatic rings. The van der Waals surface area contributed by atoms with Crippen molar-refractivity contribution >= 4 is 18.5 Å². The van der Waals surface area contributed by atoms with Crippen LogP contribution in [0.25, 0.3) is 0 Å². The molecule has 3 N–H and O–H groups in total. The number of nitrogens with two attached hydrogens (primary N) is 1. The van der Waals surface area contributed by atoms with Gasteiger partial charge in [0.25, 0.3) is 0 Å². The highest BCUT2D eigenvalue weighted by atomic mass is 32.1. The Balaban J connectivity index is 2.44. The molecule has 3 nitrogen and oxygen atoms in total. The lowest BCUT2D eigenvalue weighted by atomic mass is 10.1. The molecule has 0 saturated carbocycles. The number of carbonyl (C=O) groups is 1. The summed E-state index contributed by atoms with van der Waals surface area (Å²) < 4.78 is 0. The van der Waals surface area contributed by atoms with Gasteiger partial charge in [-0.1, -0.05) is 12.1 Å². The minimum absolute atomic E-state index is 0.00219. The number of carbonyl (C=O) groups excluding carboxylic acids is 1. The van der Waals surface area contributed by atoms with Gasteiger partial charge in [-0.3, -0.25) is 4.79 Å². The van der Waals surface area contributed by atoms with Crippen molar-refractivity contribution in [1.29, 1.82) is 0 Å². The van der Waals surface area contributed by atoms with Crippen molar-refractivity contribution in [1.82, 2.24) is 5.32 Å². The van der Waals surface area contributed by atoms with Gasteiger partial charge in [0.2, 0.25) is 5.91 Å². The number of thiol groups is 1. The first kappa shape index (κ1) is 11.1. The van der Waals surface area contributed by atoms with E-state index >= 15 is 0 Å². The molecular weight excluding hydrogens is 196 g/mol. The van der Waals surface area contributed by atoms with Crippen LogP contribution in [0, 0.1) is 0 Å². The third kappa shape index (κ3) is 3.81. The number of nitrogens with one attached hydrogen (secondary N) is 1. The molecule has 0 fully saturated rings. The summed E-state index contributed by atoms with van der Waals surface area (Å²) in [6.45, 7) is 1.00. The summed E-state index contributed by atoms with van der Waals surface area (Å²) in [7, 11) is 0. The van der Waals surface area contributed by atoms with Gasteiger partial charge < -0.3 is 11.1 Å². The Morgan fingerprint density at radius 3 is 2.57 bits per heavy atom. The lowest BCUT2D eigenvalue weighted by Crippen LogP contribution is -2.30. The molecule has 0 heterocycles. The smallest absolute Gasteiger partial charge is 0.224 e. The minimum atomic E-state index is 0.00219. The number of benzene rings is 1. The van der Waals surface area contributed by atoms with E-state index in [0.717, 1.165) is 10.5 Å². The van der Waals surface area contributed by atoms with E-state index in [-0.39, 0.29) is 5.91 Å². The van der Waals surface area contributed by atoms with Gasteiger partial charge in [0.15, 0.2) is 0 Å². The molecule has 0 aliphatic heterocycles. The average Bonchev–Trinajstić information content (AvgIpc) is 2.18. The Morgan fingerprint density at radius 1 is 1.36 bits per heavy atom. The van der Waals surface area contributed by atoms with Gasteiger partial charge in [0.05, 0.1) is 6.42 Å². The highest BCUT2D eigenvalue weighted by Crippen LogP contribution is 2.07.